The third-order valence-corrected chi connectivity index (χ3v) is 12.6. The van der Waals surface area contributed by atoms with Gasteiger partial charge in [-0.1, -0.05) is 77.2 Å². The second-order valence-electron chi connectivity index (χ2n) is 10.9. The molecule has 0 unspecified atom stereocenters. The van der Waals surface area contributed by atoms with Gasteiger partial charge in [-0.25, -0.2) is 8.42 Å². The number of benzene rings is 1. The molecule has 2 rings (SSSR count). The highest BCUT2D eigenvalue weighted by Crippen LogP contribution is 2.38. The number of hydrogen-bond acceptors (Lipinski definition) is 6. The van der Waals surface area contributed by atoms with Gasteiger partial charge >= 0.3 is 0 Å². The maximum atomic E-state index is 12.8. The van der Waals surface area contributed by atoms with Gasteiger partial charge in [-0.2, -0.15) is 4.68 Å². The Morgan fingerprint density at radius 2 is 1.67 bits per heavy atom. The van der Waals surface area contributed by atoms with E-state index in [0.29, 0.717) is 18.0 Å². The van der Waals surface area contributed by atoms with Crippen LogP contribution in [0.1, 0.15) is 73.1 Å². The van der Waals surface area contributed by atoms with E-state index in [0.717, 1.165) is 32.1 Å². The van der Waals surface area contributed by atoms with Crippen LogP contribution in [0.15, 0.2) is 35.5 Å². The Kier molecular flexibility index (Phi) is 9.81. The van der Waals surface area contributed by atoms with E-state index >= 15 is 0 Å². The molecule has 186 valence electrons. The molecule has 0 saturated heterocycles. The van der Waals surface area contributed by atoms with E-state index in [9.17, 15) is 8.42 Å². The molecule has 0 amide bonds. The fraction of sp³-hybridized carbons (Fsp3) is 0.708. The van der Waals surface area contributed by atoms with Gasteiger partial charge in [-0.05, 0) is 65.9 Å². The molecule has 0 saturated carbocycles. The van der Waals surface area contributed by atoms with Crippen molar-refractivity contribution < 1.29 is 12.8 Å². The summed E-state index contributed by atoms with van der Waals surface area (Å²) in [5.74, 6) is 0.649. The van der Waals surface area contributed by atoms with Crippen LogP contribution in [0.25, 0.3) is 5.69 Å². The third kappa shape index (κ3) is 8.29. The average Bonchev–Trinajstić information content (AvgIpc) is 3.20. The van der Waals surface area contributed by atoms with E-state index in [1.165, 1.54) is 4.68 Å². The molecule has 1 atom stereocenters. The SMILES string of the molecule is CC(C)C[C@H](CCCCCCS(=O)(=O)c1nnnn1-c1ccccc1)O[Si](C)(C)C(C)(C)C. The molecular weight excluding hydrogens is 452 g/mol. The second-order valence-corrected chi connectivity index (χ2v) is 17.6. The molecule has 1 heterocycles. The predicted octanol–water partition coefficient (Wildman–Crippen LogP) is 5.82. The van der Waals surface area contributed by atoms with Gasteiger partial charge in [0.1, 0.15) is 0 Å². The molecule has 1 aromatic heterocycles. The standard InChI is InChI=1S/C24H42N4O3SSi/c1-20(2)19-22(31-33(6,7)24(3,4)5)17-13-8-9-14-18-32(29,30)23-25-26-27-28(23)21-15-11-10-12-16-21/h10-12,15-16,20,22H,8-9,13-14,17-19H2,1-7H3/t22-/m0/s1. The first-order valence-electron chi connectivity index (χ1n) is 12.1. The van der Waals surface area contributed by atoms with Crippen LogP contribution in [-0.4, -0.2) is 48.8 Å². The molecule has 2 aromatic rings. The third-order valence-electron chi connectivity index (χ3n) is 6.41. The fourth-order valence-electron chi connectivity index (χ4n) is 3.56. The monoisotopic (exact) mass is 494 g/mol. The molecule has 0 aliphatic heterocycles. The lowest BCUT2D eigenvalue weighted by Gasteiger charge is -2.40. The highest BCUT2D eigenvalue weighted by Gasteiger charge is 2.39. The summed E-state index contributed by atoms with van der Waals surface area (Å²) in [7, 11) is -5.35. The van der Waals surface area contributed by atoms with Gasteiger partial charge in [0, 0.05) is 6.10 Å². The van der Waals surface area contributed by atoms with E-state index in [1.54, 1.807) is 12.1 Å². The molecule has 1 aromatic carbocycles. The first-order chi connectivity index (χ1) is 15.3. The maximum absolute atomic E-state index is 12.8. The molecular formula is C24H42N4O3SSi. The number of rotatable bonds is 13. The van der Waals surface area contributed by atoms with E-state index in [-0.39, 0.29) is 22.1 Å². The van der Waals surface area contributed by atoms with Crippen molar-refractivity contribution in [1.29, 1.82) is 0 Å². The van der Waals surface area contributed by atoms with Crippen LogP contribution in [0.2, 0.25) is 18.1 Å². The lowest BCUT2D eigenvalue weighted by Crippen LogP contribution is -2.44. The van der Waals surface area contributed by atoms with Crippen LogP contribution in [-0.2, 0) is 14.3 Å². The van der Waals surface area contributed by atoms with Crippen LogP contribution in [0.3, 0.4) is 0 Å². The summed E-state index contributed by atoms with van der Waals surface area (Å²) in [6.07, 6.45) is 5.89. The van der Waals surface area contributed by atoms with Gasteiger partial charge in [0.25, 0.3) is 5.16 Å². The Bertz CT molecular complexity index is 954. The minimum absolute atomic E-state index is 0.0517. The molecule has 9 heteroatoms. The molecule has 0 fully saturated rings. The largest absolute Gasteiger partial charge is 0.414 e. The number of unbranched alkanes of at least 4 members (excludes halogenated alkanes) is 3. The van der Waals surface area contributed by atoms with E-state index < -0.39 is 18.2 Å². The molecule has 0 spiro atoms. The van der Waals surface area contributed by atoms with Crippen molar-refractivity contribution in [3.8, 4) is 5.69 Å². The highest BCUT2D eigenvalue weighted by molar-refractivity contribution is 7.91. The van der Waals surface area contributed by atoms with E-state index in [2.05, 4.69) is 63.2 Å². The van der Waals surface area contributed by atoms with Crippen LogP contribution in [0.5, 0.6) is 0 Å². The Balaban J connectivity index is 1.84. The first kappa shape index (κ1) is 27.7. The molecule has 0 aliphatic rings. The number of hydrogen-bond donors (Lipinski definition) is 0. The molecule has 7 nitrogen and oxygen atoms in total. The van der Waals surface area contributed by atoms with E-state index in [4.69, 9.17) is 4.43 Å². The Morgan fingerprint density at radius 1 is 1.03 bits per heavy atom. The van der Waals surface area contributed by atoms with Gasteiger partial charge in [-0.15, -0.1) is 0 Å². The Morgan fingerprint density at radius 3 is 2.27 bits per heavy atom. The van der Waals surface area contributed by atoms with Crippen LogP contribution >= 0.6 is 0 Å². The lowest BCUT2D eigenvalue weighted by atomic mass is 10.0. The van der Waals surface area contributed by atoms with Gasteiger partial charge in [-0.3, -0.25) is 0 Å². The number of tetrazole rings is 1. The summed E-state index contributed by atoms with van der Waals surface area (Å²) in [6.45, 7) is 16.0. The number of para-hydroxylation sites is 1. The second kappa shape index (κ2) is 11.7. The zero-order valence-electron chi connectivity index (χ0n) is 21.4. The smallest absolute Gasteiger partial charge is 0.272 e. The van der Waals surface area contributed by atoms with E-state index in [1.807, 2.05) is 18.2 Å². The van der Waals surface area contributed by atoms with Crippen molar-refractivity contribution in [3.63, 3.8) is 0 Å². The summed E-state index contributed by atoms with van der Waals surface area (Å²) >= 11 is 0. The highest BCUT2D eigenvalue weighted by atomic mass is 32.2. The number of aromatic nitrogens is 4. The lowest BCUT2D eigenvalue weighted by molar-refractivity contribution is 0.143. The van der Waals surface area contributed by atoms with Gasteiger partial charge < -0.3 is 4.43 Å². The minimum Gasteiger partial charge on any atom is -0.414 e. The van der Waals surface area contributed by atoms with Gasteiger partial charge in [0.05, 0.1) is 11.4 Å². The van der Waals surface area contributed by atoms with Crippen LogP contribution < -0.4 is 0 Å². The molecule has 0 bridgehead atoms. The van der Waals surface area contributed by atoms with Crippen molar-refractivity contribution in [2.75, 3.05) is 5.75 Å². The van der Waals surface area contributed by atoms with Crippen molar-refractivity contribution in [1.82, 2.24) is 20.2 Å². The molecule has 0 radical (unpaired) electrons. The number of nitrogens with zero attached hydrogens (tertiary/aromatic N) is 4. The topological polar surface area (TPSA) is 87.0 Å². The van der Waals surface area contributed by atoms with Crippen molar-refractivity contribution in [2.45, 2.75) is 103 Å². The number of sulfone groups is 1. The van der Waals surface area contributed by atoms with Gasteiger partial charge in [0.2, 0.25) is 9.84 Å². The Hall–Kier alpha value is -1.58. The molecule has 33 heavy (non-hydrogen) atoms. The summed E-state index contributed by atoms with van der Waals surface area (Å²) in [5.41, 5.74) is 0.638. The fourth-order valence-corrected chi connectivity index (χ4v) is 6.29. The zero-order valence-corrected chi connectivity index (χ0v) is 23.2. The van der Waals surface area contributed by atoms with Crippen LogP contribution in [0, 0.1) is 5.92 Å². The summed E-state index contributed by atoms with van der Waals surface area (Å²) in [6, 6.07) is 9.10. The van der Waals surface area contributed by atoms with Crippen LogP contribution in [0.4, 0.5) is 0 Å². The van der Waals surface area contributed by atoms with Crippen molar-refractivity contribution >= 4 is 18.2 Å². The van der Waals surface area contributed by atoms with Crippen molar-refractivity contribution in [3.05, 3.63) is 30.3 Å². The molecule has 0 aliphatic carbocycles. The first-order valence-corrected chi connectivity index (χ1v) is 16.6. The minimum atomic E-state index is -3.55. The zero-order chi connectivity index (χ0) is 24.7. The summed E-state index contributed by atoms with van der Waals surface area (Å²) in [5, 5.41) is 11.3. The summed E-state index contributed by atoms with van der Waals surface area (Å²) < 4.78 is 33.6. The normalized spacial score (nSPS) is 14.1. The predicted molar refractivity (Wildman–Crippen MR) is 136 cm³/mol. The van der Waals surface area contributed by atoms with Crippen molar-refractivity contribution in [2.24, 2.45) is 5.92 Å². The summed E-state index contributed by atoms with van der Waals surface area (Å²) in [4.78, 5) is 0. The van der Waals surface area contributed by atoms with Gasteiger partial charge in [0.15, 0.2) is 8.32 Å². The quantitative estimate of drug-likeness (QED) is 0.257. The Labute approximate surface area is 201 Å². The molecule has 0 N–H and O–H groups in total. The maximum Gasteiger partial charge on any atom is 0.272 e. The average molecular weight is 495 g/mol.